The van der Waals surface area contributed by atoms with Gasteiger partial charge < -0.3 is 26.2 Å². The summed E-state index contributed by atoms with van der Waals surface area (Å²) in [7, 11) is 0. The van der Waals surface area contributed by atoms with Gasteiger partial charge in [-0.15, -0.1) is 11.8 Å². The highest BCUT2D eigenvalue weighted by Crippen LogP contribution is 2.25. The molecule has 9 nitrogen and oxygen atoms in total. The van der Waals surface area contributed by atoms with Crippen LogP contribution in [0.15, 0.2) is 126 Å². The molecular weight excluding hydrogens is 590 g/mol. The first kappa shape index (κ1) is 30.6. The molecule has 5 N–H and O–H groups in total. The van der Waals surface area contributed by atoms with Crippen molar-refractivity contribution < 1.29 is 29.4 Å². The van der Waals surface area contributed by atoms with Crippen molar-refractivity contribution >= 4 is 63.7 Å². The molecule has 0 radical (unpaired) electrons. The second-order valence-corrected chi connectivity index (χ2v) is 10.9. The molecule has 0 aromatic heterocycles. The summed E-state index contributed by atoms with van der Waals surface area (Å²) in [5, 5.41) is 29.0. The Kier molecular flexibility index (Phi) is 9.56. The Morgan fingerprint density at radius 3 is 2.24 bits per heavy atom. The first-order valence-corrected chi connectivity index (χ1v) is 14.7. The second kappa shape index (κ2) is 14.1. The lowest BCUT2D eigenvalue weighted by Gasteiger charge is -2.13. The fraction of sp³-hybridized carbons (Fsp3) is 0.0286. The standard InChI is InChI=1S/C35H27N3O6S/c39-31-17-16-26(20-29(31)35(43)44)36-32(40)21-45-27-14-7-13-25(19-27)37-34(42)30(38-33(41)23-9-2-1-3-10-23)18-24-12-6-11-22-8-4-5-15-28(22)24/h1-20,39H,21H2,(H,36,40)(H,37,42)(H,38,41)(H,43,44)/b30-18+. The van der Waals surface area contributed by atoms with E-state index in [9.17, 15) is 29.4 Å². The van der Waals surface area contributed by atoms with Crippen molar-refractivity contribution in [2.24, 2.45) is 0 Å². The number of nitrogens with one attached hydrogen (secondary N) is 3. The van der Waals surface area contributed by atoms with Crippen LogP contribution >= 0.6 is 11.8 Å². The van der Waals surface area contributed by atoms with E-state index in [0.717, 1.165) is 16.3 Å². The molecule has 0 unspecified atom stereocenters. The molecule has 0 saturated carbocycles. The lowest BCUT2D eigenvalue weighted by atomic mass is 10.0. The van der Waals surface area contributed by atoms with Gasteiger partial charge in [-0.2, -0.15) is 0 Å². The van der Waals surface area contributed by atoms with Gasteiger partial charge in [-0.05, 0) is 70.9 Å². The Hall–Kier alpha value is -5.87. The summed E-state index contributed by atoms with van der Waals surface area (Å²) in [6.45, 7) is 0. The number of hydrogen-bond acceptors (Lipinski definition) is 6. The largest absolute Gasteiger partial charge is 0.507 e. The van der Waals surface area contributed by atoms with E-state index in [4.69, 9.17) is 0 Å². The SMILES string of the molecule is O=C(CSc1cccc(NC(=O)/C(=C\c2cccc3ccccc23)NC(=O)c2ccccc2)c1)Nc1ccc(O)c(C(=O)O)c1. The van der Waals surface area contributed by atoms with E-state index in [1.54, 1.807) is 60.7 Å². The maximum atomic E-state index is 13.6. The number of thioether (sulfide) groups is 1. The Labute approximate surface area is 262 Å². The molecule has 0 aliphatic carbocycles. The van der Waals surface area contributed by atoms with E-state index >= 15 is 0 Å². The second-order valence-electron chi connectivity index (χ2n) is 9.80. The van der Waals surface area contributed by atoms with Crippen molar-refractivity contribution in [3.05, 3.63) is 138 Å². The predicted octanol–water partition coefficient (Wildman–Crippen LogP) is 6.38. The summed E-state index contributed by atoms with van der Waals surface area (Å²) in [4.78, 5) is 51.1. The molecule has 0 bridgehead atoms. The van der Waals surface area contributed by atoms with Gasteiger partial charge in [0.25, 0.3) is 11.8 Å². The normalized spacial score (nSPS) is 11.1. The average Bonchev–Trinajstić information content (AvgIpc) is 3.05. The molecule has 5 aromatic carbocycles. The number of aromatic hydroxyl groups is 1. The van der Waals surface area contributed by atoms with Gasteiger partial charge in [-0.3, -0.25) is 14.4 Å². The molecular formula is C35H27N3O6S. The zero-order valence-corrected chi connectivity index (χ0v) is 24.5. The lowest BCUT2D eigenvalue weighted by molar-refractivity contribution is -0.114. The fourth-order valence-electron chi connectivity index (χ4n) is 4.47. The van der Waals surface area contributed by atoms with Crippen LogP contribution in [0.5, 0.6) is 5.75 Å². The molecule has 0 aliphatic rings. The van der Waals surface area contributed by atoms with Gasteiger partial charge in [-0.25, -0.2) is 4.79 Å². The van der Waals surface area contributed by atoms with Gasteiger partial charge in [-0.1, -0.05) is 66.7 Å². The van der Waals surface area contributed by atoms with Crippen LogP contribution in [0.1, 0.15) is 26.3 Å². The minimum Gasteiger partial charge on any atom is -0.507 e. The Balaban J connectivity index is 1.31. The van der Waals surface area contributed by atoms with Crippen molar-refractivity contribution in [2.75, 3.05) is 16.4 Å². The number of carbonyl (C=O) groups excluding carboxylic acids is 3. The molecule has 5 rings (SSSR count). The van der Waals surface area contributed by atoms with E-state index in [2.05, 4.69) is 16.0 Å². The average molecular weight is 618 g/mol. The Morgan fingerprint density at radius 1 is 0.733 bits per heavy atom. The smallest absolute Gasteiger partial charge is 0.339 e. The van der Waals surface area contributed by atoms with Crippen LogP contribution in [-0.2, 0) is 9.59 Å². The van der Waals surface area contributed by atoms with Crippen LogP contribution in [0.4, 0.5) is 11.4 Å². The number of amides is 3. The van der Waals surface area contributed by atoms with Crippen molar-refractivity contribution in [3.8, 4) is 5.75 Å². The number of fused-ring (bicyclic) bond motifs is 1. The molecule has 0 heterocycles. The van der Waals surface area contributed by atoms with Gasteiger partial charge in [0.2, 0.25) is 5.91 Å². The number of carbonyl (C=O) groups is 4. The number of hydrogen-bond donors (Lipinski definition) is 5. The van der Waals surface area contributed by atoms with Crippen molar-refractivity contribution in [1.29, 1.82) is 0 Å². The summed E-state index contributed by atoms with van der Waals surface area (Å²) in [5.74, 6) is -3.07. The van der Waals surface area contributed by atoms with Crippen LogP contribution < -0.4 is 16.0 Å². The maximum Gasteiger partial charge on any atom is 0.339 e. The summed E-state index contributed by atoms with van der Waals surface area (Å²) < 4.78 is 0. The number of rotatable bonds is 10. The summed E-state index contributed by atoms with van der Waals surface area (Å²) in [6, 6.07) is 32.7. The van der Waals surface area contributed by atoms with E-state index < -0.39 is 23.5 Å². The summed E-state index contributed by atoms with van der Waals surface area (Å²) in [6.07, 6.45) is 1.64. The third-order valence-electron chi connectivity index (χ3n) is 6.62. The first-order chi connectivity index (χ1) is 21.8. The highest BCUT2D eigenvalue weighted by molar-refractivity contribution is 8.00. The van der Waals surface area contributed by atoms with Crippen LogP contribution in [0.2, 0.25) is 0 Å². The lowest BCUT2D eigenvalue weighted by Crippen LogP contribution is -2.30. The number of aromatic carboxylic acids is 1. The van der Waals surface area contributed by atoms with Crippen molar-refractivity contribution in [2.45, 2.75) is 4.90 Å². The van der Waals surface area contributed by atoms with E-state index in [0.29, 0.717) is 16.1 Å². The van der Waals surface area contributed by atoms with Crippen molar-refractivity contribution in [3.63, 3.8) is 0 Å². The minimum atomic E-state index is -1.31. The molecule has 0 aliphatic heterocycles. The highest BCUT2D eigenvalue weighted by atomic mass is 32.2. The fourth-order valence-corrected chi connectivity index (χ4v) is 5.22. The van der Waals surface area contributed by atoms with Gasteiger partial charge >= 0.3 is 5.97 Å². The molecule has 45 heavy (non-hydrogen) atoms. The molecule has 0 saturated heterocycles. The highest BCUT2D eigenvalue weighted by Gasteiger charge is 2.16. The zero-order valence-electron chi connectivity index (χ0n) is 23.7. The van der Waals surface area contributed by atoms with Crippen LogP contribution in [-0.4, -0.2) is 39.7 Å². The quantitative estimate of drug-likeness (QED) is 0.0694. The molecule has 0 spiro atoms. The number of benzene rings is 5. The predicted molar refractivity (Wildman–Crippen MR) is 175 cm³/mol. The number of carboxylic acid groups (broad SMARTS) is 1. The van der Waals surface area contributed by atoms with Crippen molar-refractivity contribution in [1.82, 2.24) is 5.32 Å². The maximum absolute atomic E-state index is 13.6. The summed E-state index contributed by atoms with van der Waals surface area (Å²) >= 11 is 1.21. The number of carboxylic acids is 1. The third kappa shape index (κ3) is 7.95. The van der Waals surface area contributed by atoms with Crippen LogP contribution in [0.25, 0.3) is 16.8 Å². The first-order valence-electron chi connectivity index (χ1n) is 13.7. The van der Waals surface area contributed by atoms with Crippen LogP contribution in [0.3, 0.4) is 0 Å². The molecule has 5 aromatic rings. The molecule has 0 fully saturated rings. The number of anilines is 2. The van der Waals surface area contributed by atoms with E-state index in [-0.39, 0.29) is 28.6 Å². The minimum absolute atomic E-state index is 0.0000478. The van der Waals surface area contributed by atoms with Crippen LogP contribution in [0, 0.1) is 0 Å². The van der Waals surface area contributed by atoms with E-state index in [1.807, 2.05) is 42.5 Å². The monoisotopic (exact) mass is 617 g/mol. The third-order valence-corrected chi connectivity index (χ3v) is 7.62. The summed E-state index contributed by atoms with van der Waals surface area (Å²) in [5.41, 5.74) is 1.57. The van der Waals surface area contributed by atoms with E-state index in [1.165, 1.54) is 30.0 Å². The molecule has 224 valence electrons. The molecule has 0 atom stereocenters. The molecule has 10 heteroatoms. The topological polar surface area (TPSA) is 145 Å². The zero-order chi connectivity index (χ0) is 31.8. The van der Waals surface area contributed by atoms with Gasteiger partial charge in [0, 0.05) is 21.8 Å². The Bertz CT molecular complexity index is 1940. The van der Waals surface area contributed by atoms with Gasteiger partial charge in [0.15, 0.2) is 0 Å². The number of phenols is 1. The van der Waals surface area contributed by atoms with Gasteiger partial charge in [0.1, 0.15) is 17.0 Å². The molecule has 3 amide bonds. The van der Waals surface area contributed by atoms with Gasteiger partial charge in [0.05, 0.1) is 5.75 Å². The Morgan fingerprint density at radius 2 is 1.44 bits per heavy atom.